The number of aryl methyl sites for hydroxylation is 1. The fourth-order valence-corrected chi connectivity index (χ4v) is 2.34. The van der Waals surface area contributed by atoms with Gasteiger partial charge in [-0.25, -0.2) is 9.78 Å². The summed E-state index contributed by atoms with van der Waals surface area (Å²) in [4.78, 5) is 17.7. The lowest BCUT2D eigenvalue weighted by atomic mass is 10.4. The number of fused-ring (bicyclic) bond motifs is 1. The molecule has 23 heavy (non-hydrogen) atoms. The summed E-state index contributed by atoms with van der Waals surface area (Å²) in [6.07, 6.45) is 4.13. The van der Waals surface area contributed by atoms with Crippen molar-refractivity contribution in [1.82, 2.24) is 34.9 Å². The number of carbonyl (C=O) groups is 1. The summed E-state index contributed by atoms with van der Waals surface area (Å²) in [5.74, 6) is 1.08. The Balaban J connectivity index is 1.51. The molecule has 0 saturated heterocycles. The Kier molecular flexibility index (Phi) is 4.51. The van der Waals surface area contributed by atoms with Gasteiger partial charge in [0, 0.05) is 23.6 Å². The first-order valence-electron chi connectivity index (χ1n) is 7.10. The third-order valence-electron chi connectivity index (χ3n) is 3.07. The van der Waals surface area contributed by atoms with Gasteiger partial charge in [-0.15, -0.1) is 10.2 Å². The van der Waals surface area contributed by atoms with Crippen LogP contribution >= 0.6 is 15.9 Å². The average molecular weight is 379 g/mol. The van der Waals surface area contributed by atoms with Crippen molar-refractivity contribution in [2.45, 2.75) is 19.9 Å². The smallest absolute Gasteiger partial charge is 0.320 e. The zero-order chi connectivity index (χ0) is 16.2. The fourth-order valence-electron chi connectivity index (χ4n) is 1.98. The zero-order valence-electron chi connectivity index (χ0n) is 12.4. The topological polar surface area (TPSA) is 102 Å². The van der Waals surface area contributed by atoms with E-state index >= 15 is 0 Å². The molecule has 0 aliphatic heterocycles. The van der Waals surface area contributed by atoms with Crippen LogP contribution in [-0.4, -0.2) is 42.2 Å². The highest BCUT2D eigenvalue weighted by Crippen LogP contribution is 2.14. The van der Waals surface area contributed by atoms with Crippen LogP contribution in [0, 0.1) is 0 Å². The summed E-state index contributed by atoms with van der Waals surface area (Å²) in [7, 11) is 0. The van der Waals surface area contributed by atoms with Crippen LogP contribution in [0.3, 0.4) is 0 Å². The maximum Gasteiger partial charge on any atom is 0.320 e. The van der Waals surface area contributed by atoms with Crippen molar-refractivity contribution in [3.05, 3.63) is 34.8 Å². The molecule has 3 aromatic heterocycles. The highest BCUT2D eigenvalue weighted by molar-refractivity contribution is 9.10. The highest BCUT2D eigenvalue weighted by atomic mass is 79.9. The molecular weight excluding hydrogens is 364 g/mol. The zero-order valence-corrected chi connectivity index (χ0v) is 14.0. The van der Waals surface area contributed by atoms with E-state index in [4.69, 9.17) is 0 Å². The molecule has 0 aromatic carbocycles. The summed E-state index contributed by atoms with van der Waals surface area (Å²) in [6.45, 7) is 3.02. The number of hydrogen-bond donors (Lipinski definition) is 2. The van der Waals surface area contributed by atoms with E-state index < -0.39 is 0 Å². The Bertz CT molecular complexity index is 826. The van der Waals surface area contributed by atoms with E-state index in [2.05, 4.69) is 47.0 Å². The van der Waals surface area contributed by atoms with Crippen LogP contribution in [0.4, 0.5) is 10.6 Å². The van der Waals surface area contributed by atoms with Crippen molar-refractivity contribution >= 4 is 33.4 Å². The minimum Gasteiger partial charge on any atom is -0.337 e. The molecule has 0 atom stereocenters. The number of aromatic nitrogens is 6. The Labute approximate surface area is 140 Å². The first kappa shape index (κ1) is 15.4. The molecule has 0 saturated carbocycles. The lowest BCUT2D eigenvalue weighted by Gasteiger charge is -2.03. The van der Waals surface area contributed by atoms with Crippen LogP contribution in [0.5, 0.6) is 0 Å². The third-order valence-corrected chi connectivity index (χ3v) is 3.54. The number of anilines is 1. The number of rotatable bonds is 5. The molecule has 3 heterocycles. The largest absolute Gasteiger partial charge is 0.337 e. The molecule has 120 valence electrons. The van der Waals surface area contributed by atoms with E-state index in [1.54, 1.807) is 6.20 Å². The lowest BCUT2D eigenvalue weighted by molar-refractivity contribution is 0.252. The summed E-state index contributed by atoms with van der Waals surface area (Å²) < 4.78 is 2.76. The molecule has 2 N–H and O–H groups in total. The number of imidazole rings is 1. The van der Waals surface area contributed by atoms with E-state index in [0.29, 0.717) is 31.2 Å². The normalized spacial score (nSPS) is 10.9. The predicted octanol–water partition coefficient (Wildman–Crippen LogP) is 1.47. The molecule has 3 aromatic rings. The quantitative estimate of drug-likeness (QED) is 0.699. The average Bonchev–Trinajstić information content (AvgIpc) is 3.12. The first-order valence-corrected chi connectivity index (χ1v) is 7.89. The Morgan fingerprint density at radius 2 is 2.22 bits per heavy atom. The van der Waals surface area contributed by atoms with E-state index in [9.17, 15) is 4.79 Å². The molecular formula is C13H15BrN8O. The van der Waals surface area contributed by atoms with Crippen molar-refractivity contribution in [2.24, 2.45) is 0 Å². The van der Waals surface area contributed by atoms with Gasteiger partial charge in [-0.3, -0.25) is 5.32 Å². The molecule has 3 rings (SSSR count). The molecule has 0 aliphatic rings. The molecule has 0 aliphatic carbocycles. The number of hydrogen-bond acceptors (Lipinski definition) is 5. The van der Waals surface area contributed by atoms with Crippen LogP contribution in [-0.2, 0) is 13.0 Å². The minimum absolute atomic E-state index is 0.324. The van der Waals surface area contributed by atoms with E-state index in [1.165, 1.54) is 4.80 Å². The van der Waals surface area contributed by atoms with E-state index in [0.717, 1.165) is 10.1 Å². The molecule has 0 radical (unpaired) electrons. The van der Waals surface area contributed by atoms with Crippen molar-refractivity contribution in [3.8, 4) is 0 Å². The maximum atomic E-state index is 11.9. The van der Waals surface area contributed by atoms with Gasteiger partial charge >= 0.3 is 6.03 Å². The van der Waals surface area contributed by atoms with Gasteiger partial charge in [-0.1, -0.05) is 0 Å². The van der Waals surface area contributed by atoms with Crippen molar-refractivity contribution in [1.29, 1.82) is 0 Å². The van der Waals surface area contributed by atoms with E-state index in [-0.39, 0.29) is 6.03 Å². The fraction of sp³-hybridized carbons (Fsp3) is 0.308. The number of nitrogens with zero attached hydrogens (tertiary/aromatic N) is 6. The van der Waals surface area contributed by atoms with Gasteiger partial charge in [-0.05, 0) is 40.2 Å². The first-order chi connectivity index (χ1) is 11.1. The van der Waals surface area contributed by atoms with Crippen molar-refractivity contribution in [2.75, 3.05) is 11.9 Å². The molecule has 10 heteroatoms. The third kappa shape index (κ3) is 3.83. The second-order valence-electron chi connectivity index (χ2n) is 4.76. The molecule has 0 fully saturated rings. The van der Waals surface area contributed by atoms with Gasteiger partial charge in [-0.2, -0.15) is 4.80 Å². The number of amides is 2. The summed E-state index contributed by atoms with van der Waals surface area (Å²) in [5.41, 5.74) is 0.754. The Hall–Kier alpha value is -2.49. The van der Waals surface area contributed by atoms with Gasteiger partial charge < -0.3 is 9.72 Å². The summed E-state index contributed by atoms with van der Waals surface area (Å²) in [5, 5.41) is 17.3. The van der Waals surface area contributed by atoms with Gasteiger partial charge in [0.2, 0.25) is 0 Å². The van der Waals surface area contributed by atoms with Crippen molar-refractivity contribution in [3.63, 3.8) is 0 Å². The predicted molar refractivity (Wildman–Crippen MR) is 87.1 cm³/mol. The van der Waals surface area contributed by atoms with Crippen LogP contribution in [0.15, 0.2) is 29.0 Å². The number of pyridine rings is 1. The molecule has 9 nitrogen and oxygen atoms in total. The van der Waals surface area contributed by atoms with E-state index in [1.807, 2.05) is 29.7 Å². The van der Waals surface area contributed by atoms with Gasteiger partial charge in [0.1, 0.15) is 5.65 Å². The summed E-state index contributed by atoms with van der Waals surface area (Å²) >= 11 is 3.39. The highest BCUT2D eigenvalue weighted by Gasteiger charge is 2.07. The molecule has 0 spiro atoms. The number of carbonyl (C=O) groups excluding carboxylic acids is 1. The van der Waals surface area contributed by atoms with Crippen LogP contribution in [0.25, 0.3) is 5.65 Å². The van der Waals surface area contributed by atoms with Crippen LogP contribution in [0.2, 0.25) is 0 Å². The van der Waals surface area contributed by atoms with Crippen LogP contribution < -0.4 is 10.6 Å². The number of urea groups is 1. The monoisotopic (exact) mass is 378 g/mol. The number of halogens is 1. The maximum absolute atomic E-state index is 11.9. The Morgan fingerprint density at radius 3 is 3.00 bits per heavy atom. The lowest BCUT2D eigenvalue weighted by Crippen LogP contribution is -2.30. The molecule has 0 unspecified atom stereocenters. The van der Waals surface area contributed by atoms with Crippen LogP contribution in [0.1, 0.15) is 12.7 Å². The second kappa shape index (κ2) is 6.73. The SMILES string of the molecule is CCn1nnc(CCNC(=O)Nc2cn3cc(Br)ccc3n2)n1. The second-order valence-corrected chi connectivity index (χ2v) is 5.68. The number of tetrazole rings is 1. The minimum atomic E-state index is -0.324. The van der Waals surface area contributed by atoms with Crippen molar-refractivity contribution < 1.29 is 4.79 Å². The molecule has 0 bridgehead atoms. The Morgan fingerprint density at radius 1 is 1.35 bits per heavy atom. The standard InChI is InChI=1S/C13H15BrN8O/c1-2-22-19-10(18-20-22)5-6-15-13(23)17-11-8-21-7-9(14)3-4-12(21)16-11/h3-4,7-8H,2,5-6H2,1H3,(H2,15,17,23). The summed E-state index contributed by atoms with van der Waals surface area (Å²) in [6, 6.07) is 3.42. The number of nitrogens with one attached hydrogen (secondary N) is 2. The van der Waals surface area contributed by atoms with Gasteiger partial charge in [0.15, 0.2) is 11.6 Å². The molecule has 2 amide bonds. The van der Waals surface area contributed by atoms with Gasteiger partial charge in [0.05, 0.1) is 12.7 Å². The van der Waals surface area contributed by atoms with Gasteiger partial charge in [0.25, 0.3) is 0 Å².